The lowest BCUT2D eigenvalue weighted by Gasteiger charge is -2.25. The first kappa shape index (κ1) is 22.5. The summed E-state index contributed by atoms with van der Waals surface area (Å²) in [6, 6.07) is 8.61. The lowest BCUT2D eigenvalue weighted by Crippen LogP contribution is -2.40. The molecule has 2 aromatic rings. The van der Waals surface area contributed by atoms with Gasteiger partial charge in [-0.1, -0.05) is 6.92 Å². The molecule has 1 aromatic heterocycles. The zero-order valence-electron chi connectivity index (χ0n) is 16.7. The van der Waals surface area contributed by atoms with Crippen molar-refractivity contribution < 1.29 is 32.2 Å². The van der Waals surface area contributed by atoms with E-state index >= 15 is 0 Å². The summed E-state index contributed by atoms with van der Waals surface area (Å²) in [6.45, 7) is 4.06. The van der Waals surface area contributed by atoms with Crippen molar-refractivity contribution in [2.75, 3.05) is 46.1 Å². The van der Waals surface area contributed by atoms with E-state index in [0.717, 1.165) is 23.5 Å². The fourth-order valence-electron chi connectivity index (χ4n) is 2.79. The molecule has 0 bridgehead atoms. The molecule has 0 amide bonds. The van der Waals surface area contributed by atoms with E-state index in [0.29, 0.717) is 25.6 Å². The molecule has 0 aliphatic carbocycles. The van der Waals surface area contributed by atoms with E-state index in [4.69, 9.17) is 18.9 Å². The van der Waals surface area contributed by atoms with Crippen LogP contribution >= 0.6 is 11.3 Å². The summed E-state index contributed by atoms with van der Waals surface area (Å²) in [7, 11) is -3.76. The Kier molecular flexibility index (Phi) is 8.08. The first-order valence-corrected chi connectivity index (χ1v) is 12.0. The molecule has 30 heavy (non-hydrogen) atoms. The molecule has 0 radical (unpaired) electrons. The molecular formula is C20H25NO7S2. The van der Waals surface area contributed by atoms with Crippen LogP contribution in [0.15, 0.2) is 40.6 Å². The fraction of sp³-hybridized carbons (Fsp3) is 0.450. The molecule has 8 nitrogen and oxygen atoms in total. The number of morpholine rings is 1. The summed E-state index contributed by atoms with van der Waals surface area (Å²) < 4.78 is 48.4. The van der Waals surface area contributed by atoms with Gasteiger partial charge in [0.1, 0.15) is 34.5 Å². The molecule has 3 rings (SSSR count). The normalized spacial score (nSPS) is 15.0. The van der Waals surface area contributed by atoms with Gasteiger partial charge in [-0.2, -0.15) is 4.31 Å². The number of hydrogen-bond donors (Lipinski definition) is 0. The second-order valence-electron chi connectivity index (χ2n) is 6.43. The Bertz CT molecular complexity index is 919. The fourth-order valence-corrected chi connectivity index (χ4v) is 5.48. The number of carbonyl (C=O) groups is 1. The van der Waals surface area contributed by atoms with E-state index < -0.39 is 16.0 Å². The van der Waals surface area contributed by atoms with Gasteiger partial charge in [0.25, 0.3) is 0 Å². The van der Waals surface area contributed by atoms with E-state index in [2.05, 4.69) is 0 Å². The van der Waals surface area contributed by atoms with Crippen LogP contribution < -0.4 is 9.47 Å². The largest absolute Gasteiger partial charge is 0.494 e. The lowest BCUT2D eigenvalue weighted by molar-refractivity contribution is 0.0451. The molecular weight excluding hydrogens is 430 g/mol. The number of ether oxygens (including phenoxy) is 4. The molecule has 164 valence electrons. The zero-order chi connectivity index (χ0) is 21.4. The van der Waals surface area contributed by atoms with Crippen molar-refractivity contribution >= 4 is 27.3 Å². The highest BCUT2D eigenvalue weighted by molar-refractivity contribution is 7.89. The first-order chi connectivity index (χ1) is 14.5. The average molecular weight is 456 g/mol. The number of benzene rings is 1. The highest BCUT2D eigenvalue weighted by atomic mass is 32.2. The Morgan fingerprint density at radius 1 is 1.03 bits per heavy atom. The summed E-state index contributed by atoms with van der Waals surface area (Å²) in [4.78, 5) is 12.5. The molecule has 0 unspecified atom stereocenters. The van der Waals surface area contributed by atoms with Crippen LogP contribution in [-0.2, 0) is 19.5 Å². The third-order valence-corrected chi connectivity index (χ3v) is 7.25. The van der Waals surface area contributed by atoms with Gasteiger partial charge in [-0.3, -0.25) is 0 Å². The number of thiophene rings is 1. The molecule has 0 N–H and O–H groups in total. The van der Waals surface area contributed by atoms with Gasteiger partial charge in [-0.15, -0.1) is 11.3 Å². The Hall–Kier alpha value is -2.14. The van der Waals surface area contributed by atoms with E-state index in [-0.39, 0.29) is 36.1 Å². The average Bonchev–Trinajstić information content (AvgIpc) is 3.28. The SMILES string of the molecule is CCCOc1ccc(OCCOC(=O)c2sccc2S(=O)(=O)N2CCOCC2)cc1. The van der Waals surface area contributed by atoms with Crippen LogP contribution in [0.2, 0.25) is 0 Å². The standard InChI is InChI=1S/C20H25NO7S2/c1-2-10-26-16-3-5-17(6-4-16)27-13-14-28-20(22)19-18(7-15-29-19)30(23,24)21-8-11-25-12-9-21/h3-7,15H,2,8-14H2,1H3. The lowest BCUT2D eigenvalue weighted by atomic mass is 10.3. The van der Waals surface area contributed by atoms with Gasteiger partial charge in [-0.05, 0) is 42.1 Å². The van der Waals surface area contributed by atoms with Gasteiger partial charge in [0, 0.05) is 13.1 Å². The van der Waals surface area contributed by atoms with Crippen LogP contribution in [-0.4, -0.2) is 64.8 Å². The van der Waals surface area contributed by atoms with Crippen LogP contribution in [0.5, 0.6) is 11.5 Å². The third-order valence-electron chi connectivity index (χ3n) is 4.28. The van der Waals surface area contributed by atoms with Crippen molar-refractivity contribution in [3.63, 3.8) is 0 Å². The Labute approximate surface area is 180 Å². The predicted molar refractivity (Wildman–Crippen MR) is 112 cm³/mol. The number of rotatable bonds is 10. The Morgan fingerprint density at radius 2 is 1.67 bits per heavy atom. The summed E-state index contributed by atoms with van der Waals surface area (Å²) in [5.74, 6) is 0.715. The van der Waals surface area contributed by atoms with E-state index in [1.165, 1.54) is 10.4 Å². The smallest absolute Gasteiger partial charge is 0.349 e. The minimum Gasteiger partial charge on any atom is -0.494 e. The Morgan fingerprint density at radius 3 is 2.30 bits per heavy atom. The minimum absolute atomic E-state index is 0.00185. The summed E-state index contributed by atoms with van der Waals surface area (Å²) in [5.41, 5.74) is 0. The maximum absolute atomic E-state index is 12.8. The van der Waals surface area contributed by atoms with E-state index in [1.54, 1.807) is 17.5 Å². The molecule has 0 spiro atoms. The number of nitrogens with zero attached hydrogens (tertiary/aromatic N) is 1. The van der Waals surface area contributed by atoms with E-state index in [1.807, 2.05) is 19.1 Å². The van der Waals surface area contributed by atoms with Crippen molar-refractivity contribution in [3.05, 3.63) is 40.6 Å². The van der Waals surface area contributed by atoms with Crippen molar-refractivity contribution in [2.24, 2.45) is 0 Å². The molecule has 0 atom stereocenters. The monoisotopic (exact) mass is 455 g/mol. The van der Waals surface area contributed by atoms with E-state index in [9.17, 15) is 13.2 Å². The van der Waals surface area contributed by atoms with Crippen LogP contribution in [0, 0.1) is 0 Å². The maximum Gasteiger partial charge on any atom is 0.349 e. The second kappa shape index (κ2) is 10.8. The first-order valence-electron chi connectivity index (χ1n) is 9.70. The number of carbonyl (C=O) groups excluding carboxylic acids is 1. The van der Waals surface area contributed by atoms with Crippen molar-refractivity contribution in [1.29, 1.82) is 0 Å². The highest BCUT2D eigenvalue weighted by Gasteiger charge is 2.31. The number of esters is 1. The van der Waals surface area contributed by atoms with Crippen molar-refractivity contribution in [1.82, 2.24) is 4.31 Å². The van der Waals surface area contributed by atoms with Crippen LogP contribution in [0.4, 0.5) is 0 Å². The van der Waals surface area contributed by atoms with Gasteiger partial charge in [0.15, 0.2) is 0 Å². The van der Waals surface area contributed by atoms with Crippen molar-refractivity contribution in [3.8, 4) is 11.5 Å². The zero-order valence-corrected chi connectivity index (χ0v) is 18.4. The highest BCUT2D eigenvalue weighted by Crippen LogP contribution is 2.26. The van der Waals surface area contributed by atoms with Gasteiger partial charge >= 0.3 is 5.97 Å². The number of hydrogen-bond acceptors (Lipinski definition) is 8. The van der Waals surface area contributed by atoms with Crippen LogP contribution in [0.25, 0.3) is 0 Å². The molecule has 1 aromatic carbocycles. The molecule has 1 aliphatic heterocycles. The topological polar surface area (TPSA) is 91.4 Å². The third kappa shape index (κ3) is 5.72. The summed E-state index contributed by atoms with van der Waals surface area (Å²) in [5, 5.41) is 1.57. The second-order valence-corrected chi connectivity index (χ2v) is 9.26. The summed E-state index contributed by atoms with van der Waals surface area (Å²) >= 11 is 1.04. The molecule has 1 saturated heterocycles. The van der Waals surface area contributed by atoms with Gasteiger partial charge in [-0.25, -0.2) is 13.2 Å². The van der Waals surface area contributed by atoms with Crippen molar-refractivity contribution in [2.45, 2.75) is 18.2 Å². The minimum atomic E-state index is -3.76. The molecule has 1 aliphatic rings. The predicted octanol–water partition coefficient (Wildman–Crippen LogP) is 2.79. The molecule has 0 saturated carbocycles. The maximum atomic E-state index is 12.8. The number of sulfonamides is 1. The molecule has 10 heteroatoms. The summed E-state index contributed by atoms with van der Waals surface area (Å²) in [6.07, 6.45) is 0.934. The quantitative estimate of drug-likeness (QED) is 0.402. The van der Waals surface area contributed by atoms with Crippen LogP contribution in [0.1, 0.15) is 23.0 Å². The van der Waals surface area contributed by atoms with Gasteiger partial charge in [0.2, 0.25) is 10.0 Å². The van der Waals surface area contributed by atoms with Gasteiger partial charge < -0.3 is 18.9 Å². The van der Waals surface area contributed by atoms with Crippen LogP contribution in [0.3, 0.4) is 0 Å². The Balaban J connectivity index is 1.51. The molecule has 2 heterocycles. The van der Waals surface area contributed by atoms with Gasteiger partial charge in [0.05, 0.1) is 19.8 Å². The molecule has 1 fully saturated rings.